The van der Waals surface area contributed by atoms with Gasteiger partial charge in [-0.1, -0.05) is 24.3 Å². The van der Waals surface area contributed by atoms with E-state index in [2.05, 4.69) is 11.4 Å². The fourth-order valence-corrected chi connectivity index (χ4v) is 2.01. The molecule has 2 aromatic carbocycles. The monoisotopic (exact) mass is 256 g/mol. The first-order chi connectivity index (χ1) is 9.30. The SMILES string of the molecule is COC(CNc1ccc(C#N)c2ccccc12)OC. The third-order valence-corrected chi connectivity index (χ3v) is 3.03. The number of methoxy groups -OCH3 is 2. The number of hydrogen-bond acceptors (Lipinski definition) is 4. The molecule has 0 atom stereocenters. The zero-order valence-corrected chi connectivity index (χ0v) is 11.0. The van der Waals surface area contributed by atoms with Crippen molar-refractivity contribution in [2.24, 2.45) is 0 Å². The van der Waals surface area contributed by atoms with E-state index in [0.29, 0.717) is 12.1 Å². The van der Waals surface area contributed by atoms with Crippen molar-refractivity contribution in [3.8, 4) is 6.07 Å². The van der Waals surface area contributed by atoms with Crippen molar-refractivity contribution >= 4 is 16.5 Å². The molecule has 0 unspecified atom stereocenters. The number of anilines is 1. The Bertz CT molecular complexity index is 601. The standard InChI is InChI=1S/C15H16N2O2/c1-18-15(19-2)10-17-14-8-7-11(9-16)12-5-3-4-6-13(12)14/h3-8,15,17H,10H2,1-2H3. The fraction of sp³-hybridized carbons (Fsp3) is 0.267. The van der Waals surface area contributed by atoms with Crippen molar-refractivity contribution in [3.63, 3.8) is 0 Å². The summed E-state index contributed by atoms with van der Waals surface area (Å²) in [6.45, 7) is 0.545. The van der Waals surface area contributed by atoms with Crippen molar-refractivity contribution in [1.29, 1.82) is 5.26 Å². The molecule has 4 heteroatoms. The molecule has 1 N–H and O–H groups in total. The maximum Gasteiger partial charge on any atom is 0.173 e. The first-order valence-electron chi connectivity index (χ1n) is 6.01. The molecule has 19 heavy (non-hydrogen) atoms. The summed E-state index contributed by atoms with van der Waals surface area (Å²) in [4.78, 5) is 0. The van der Waals surface area contributed by atoms with Crippen LogP contribution in [0.25, 0.3) is 10.8 Å². The molecule has 0 amide bonds. The zero-order valence-electron chi connectivity index (χ0n) is 11.0. The summed E-state index contributed by atoms with van der Waals surface area (Å²) >= 11 is 0. The van der Waals surface area contributed by atoms with E-state index >= 15 is 0 Å². The van der Waals surface area contributed by atoms with E-state index in [0.717, 1.165) is 16.5 Å². The van der Waals surface area contributed by atoms with Crippen molar-refractivity contribution in [2.45, 2.75) is 6.29 Å². The van der Waals surface area contributed by atoms with Crippen LogP contribution in [0.3, 0.4) is 0 Å². The number of fused-ring (bicyclic) bond motifs is 1. The molecular formula is C15H16N2O2. The highest BCUT2D eigenvalue weighted by molar-refractivity contribution is 5.97. The minimum Gasteiger partial charge on any atom is -0.379 e. The minimum absolute atomic E-state index is 0.297. The maximum atomic E-state index is 9.11. The Hall–Kier alpha value is -2.09. The van der Waals surface area contributed by atoms with Gasteiger partial charge in [-0.3, -0.25) is 0 Å². The molecule has 0 heterocycles. The van der Waals surface area contributed by atoms with Crippen molar-refractivity contribution < 1.29 is 9.47 Å². The van der Waals surface area contributed by atoms with Gasteiger partial charge in [0.15, 0.2) is 6.29 Å². The molecule has 2 rings (SSSR count). The summed E-state index contributed by atoms with van der Waals surface area (Å²) in [5.41, 5.74) is 1.64. The topological polar surface area (TPSA) is 54.3 Å². The van der Waals surface area contributed by atoms with Gasteiger partial charge in [0, 0.05) is 30.7 Å². The highest BCUT2D eigenvalue weighted by atomic mass is 16.7. The average Bonchev–Trinajstić information content (AvgIpc) is 2.48. The van der Waals surface area contributed by atoms with Crippen LogP contribution < -0.4 is 5.32 Å². The fourth-order valence-electron chi connectivity index (χ4n) is 2.01. The average molecular weight is 256 g/mol. The van der Waals surface area contributed by atoms with Gasteiger partial charge >= 0.3 is 0 Å². The molecule has 0 bridgehead atoms. The number of benzene rings is 2. The smallest absolute Gasteiger partial charge is 0.173 e. The molecule has 0 radical (unpaired) electrons. The third kappa shape index (κ3) is 2.84. The molecular weight excluding hydrogens is 240 g/mol. The van der Waals surface area contributed by atoms with Crippen LogP contribution in [0.4, 0.5) is 5.69 Å². The van der Waals surface area contributed by atoms with Crippen molar-refractivity contribution in [3.05, 3.63) is 42.0 Å². The molecule has 2 aromatic rings. The van der Waals surface area contributed by atoms with Gasteiger partial charge in [-0.2, -0.15) is 5.26 Å². The molecule has 4 nitrogen and oxygen atoms in total. The molecule has 0 aliphatic heterocycles. The Kier molecular flexibility index (Phi) is 4.35. The van der Waals surface area contributed by atoms with Gasteiger partial charge in [-0.25, -0.2) is 0 Å². The molecule has 0 spiro atoms. The van der Waals surface area contributed by atoms with E-state index in [1.54, 1.807) is 14.2 Å². The first-order valence-corrected chi connectivity index (χ1v) is 6.01. The van der Waals surface area contributed by atoms with Crippen LogP contribution in [-0.2, 0) is 9.47 Å². The summed E-state index contributed by atoms with van der Waals surface area (Å²) in [7, 11) is 3.21. The molecule has 0 saturated heterocycles. The van der Waals surface area contributed by atoms with E-state index in [4.69, 9.17) is 14.7 Å². The van der Waals surface area contributed by atoms with Gasteiger partial charge in [0.25, 0.3) is 0 Å². The van der Waals surface area contributed by atoms with Gasteiger partial charge < -0.3 is 14.8 Å². The summed E-state index contributed by atoms with van der Waals surface area (Å²) in [5, 5.41) is 14.4. The van der Waals surface area contributed by atoms with Crippen LogP contribution >= 0.6 is 0 Å². The lowest BCUT2D eigenvalue weighted by molar-refractivity contribution is -0.0913. The van der Waals surface area contributed by atoms with Crippen molar-refractivity contribution in [2.75, 3.05) is 26.1 Å². The Morgan fingerprint density at radius 3 is 2.42 bits per heavy atom. The molecule has 0 saturated carbocycles. The van der Waals surface area contributed by atoms with E-state index in [1.807, 2.05) is 36.4 Å². The highest BCUT2D eigenvalue weighted by Gasteiger charge is 2.08. The van der Waals surface area contributed by atoms with Crippen LogP contribution in [0, 0.1) is 11.3 Å². The molecule has 0 fully saturated rings. The summed E-state index contributed by atoms with van der Waals surface area (Å²) in [5.74, 6) is 0. The van der Waals surface area contributed by atoms with E-state index < -0.39 is 0 Å². The lowest BCUT2D eigenvalue weighted by Gasteiger charge is -2.16. The van der Waals surface area contributed by atoms with Gasteiger partial charge in [-0.05, 0) is 12.1 Å². The zero-order chi connectivity index (χ0) is 13.7. The van der Waals surface area contributed by atoms with Gasteiger partial charge in [-0.15, -0.1) is 0 Å². The van der Waals surface area contributed by atoms with Gasteiger partial charge in [0.1, 0.15) is 0 Å². The number of nitriles is 1. The number of nitrogens with zero attached hydrogens (tertiary/aromatic N) is 1. The van der Waals surface area contributed by atoms with E-state index in [-0.39, 0.29) is 6.29 Å². The second kappa shape index (κ2) is 6.19. The summed E-state index contributed by atoms with van der Waals surface area (Å²) in [6.07, 6.45) is -0.297. The predicted molar refractivity (Wildman–Crippen MR) is 75.0 cm³/mol. The molecule has 98 valence electrons. The van der Waals surface area contributed by atoms with Crippen LogP contribution in [-0.4, -0.2) is 27.1 Å². The van der Waals surface area contributed by atoms with Gasteiger partial charge in [0.05, 0.1) is 18.2 Å². The Morgan fingerprint density at radius 1 is 1.11 bits per heavy atom. The highest BCUT2D eigenvalue weighted by Crippen LogP contribution is 2.26. The maximum absolute atomic E-state index is 9.11. The second-order valence-corrected chi connectivity index (χ2v) is 4.10. The quantitative estimate of drug-likeness (QED) is 0.836. The van der Waals surface area contributed by atoms with E-state index in [1.165, 1.54) is 0 Å². The number of rotatable bonds is 5. The molecule has 0 aliphatic carbocycles. The molecule has 0 aromatic heterocycles. The third-order valence-electron chi connectivity index (χ3n) is 3.03. The predicted octanol–water partition coefficient (Wildman–Crippen LogP) is 2.74. The number of nitrogens with one attached hydrogen (secondary N) is 1. The van der Waals surface area contributed by atoms with Gasteiger partial charge in [0.2, 0.25) is 0 Å². The second-order valence-electron chi connectivity index (χ2n) is 4.10. The summed E-state index contributed by atoms with van der Waals surface area (Å²) < 4.78 is 10.3. The normalized spacial score (nSPS) is 10.6. The Morgan fingerprint density at radius 2 is 1.79 bits per heavy atom. The minimum atomic E-state index is -0.297. The van der Waals surface area contributed by atoms with E-state index in [9.17, 15) is 0 Å². The Balaban J connectivity index is 2.32. The first kappa shape index (κ1) is 13.3. The van der Waals surface area contributed by atoms with Crippen LogP contribution in [0.5, 0.6) is 0 Å². The van der Waals surface area contributed by atoms with Crippen LogP contribution in [0.15, 0.2) is 36.4 Å². The number of hydrogen-bond donors (Lipinski definition) is 1. The Labute approximate surface area is 112 Å². The van der Waals surface area contributed by atoms with Crippen LogP contribution in [0.1, 0.15) is 5.56 Å². The summed E-state index contributed by atoms with van der Waals surface area (Å²) in [6, 6.07) is 13.8. The molecule has 0 aliphatic rings. The lowest BCUT2D eigenvalue weighted by atomic mass is 10.0. The lowest BCUT2D eigenvalue weighted by Crippen LogP contribution is -2.23. The van der Waals surface area contributed by atoms with Crippen LogP contribution in [0.2, 0.25) is 0 Å². The number of ether oxygens (including phenoxy) is 2. The van der Waals surface area contributed by atoms with Crippen molar-refractivity contribution in [1.82, 2.24) is 0 Å². The largest absolute Gasteiger partial charge is 0.379 e.